The Hall–Kier alpha value is -2.00. The van der Waals surface area contributed by atoms with Gasteiger partial charge in [0.15, 0.2) is 5.78 Å². The maximum Gasteiger partial charge on any atom is 0.165 e. The van der Waals surface area contributed by atoms with Gasteiger partial charge in [0.25, 0.3) is 0 Å². The summed E-state index contributed by atoms with van der Waals surface area (Å²) in [6.45, 7) is 6.71. The minimum Gasteiger partial charge on any atom is -0.294 e. The Balaban J connectivity index is 1.88. The molecule has 0 aliphatic heterocycles. The zero-order chi connectivity index (χ0) is 18.8. The lowest BCUT2D eigenvalue weighted by atomic mass is 9.73. The van der Waals surface area contributed by atoms with Crippen LogP contribution in [-0.4, -0.2) is 10.8 Å². The van der Waals surface area contributed by atoms with Gasteiger partial charge in [-0.05, 0) is 48.1 Å². The van der Waals surface area contributed by atoms with E-state index in [2.05, 4.69) is 45.0 Å². The van der Waals surface area contributed by atoms with Gasteiger partial charge in [-0.1, -0.05) is 51.1 Å². The van der Waals surface area contributed by atoms with Gasteiger partial charge in [-0.15, -0.1) is 11.3 Å². The monoisotopic (exact) mass is 375 g/mol. The number of thiophene rings is 1. The van der Waals surface area contributed by atoms with Gasteiger partial charge in [0.2, 0.25) is 0 Å². The average Bonchev–Trinajstić information content (AvgIpc) is 2.96. The fraction of sp³-hybridized carbons (Fsp3) is 0.417. The minimum absolute atomic E-state index is 0.00981. The summed E-state index contributed by atoms with van der Waals surface area (Å²) in [7, 11) is 0. The first kappa shape index (κ1) is 17.1. The van der Waals surface area contributed by atoms with Crippen LogP contribution < -0.4 is 0 Å². The van der Waals surface area contributed by atoms with Crippen LogP contribution in [0.2, 0.25) is 0 Å². The first-order valence-electron chi connectivity index (χ1n) is 9.99. The van der Waals surface area contributed by atoms with Gasteiger partial charge >= 0.3 is 0 Å². The molecule has 138 valence electrons. The highest BCUT2D eigenvalue weighted by Gasteiger charge is 2.36. The zero-order valence-corrected chi connectivity index (χ0v) is 17.1. The summed E-state index contributed by atoms with van der Waals surface area (Å²) in [4.78, 5) is 20.9. The molecule has 2 heterocycles. The fourth-order valence-corrected chi connectivity index (χ4v) is 6.29. The van der Waals surface area contributed by atoms with Gasteiger partial charge in [0, 0.05) is 27.8 Å². The molecule has 2 nitrogen and oxygen atoms in total. The van der Waals surface area contributed by atoms with Gasteiger partial charge in [-0.2, -0.15) is 0 Å². The summed E-state index contributed by atoms with van der Waals surface area (Å²) >= 11 is 1.86. The predicted molar refractivity (Wildman–Crippen MR) is 113 cm³/mol. The Labute approximate surface area is 164 Å². The molecule has 0 bridgehead atoms. The van der Waals surface area contributed by atoms with Crippen molar-refractivity contribution in [3.8, 4) is 11.1 Å². The van der Waals surface area contributed by atoms with Crippen molar-refractivity contribution in [2.75, 3.05) is 0 Å². The van der Waals surface area contributed by atoms with E-state index < -0.39 is 0 Å². The number of aryl methyl sites for hydroxylation is 1. The van der Waals surface area contributed by atoms with Crippen LogP contribution >= 0.6 is 11.3 Å². The van der Waals surface area contributed by atoms with Crippen molar-refractivity contribution < 1.29 is 4.79 Å². The van der Waals surface area contributed by atoms with Crippen LogP contribution in [0.1, 0.15) is 60.1 Å². The lowest BCUT2D eigenvalue weighted by Crippen LogP contribution is -2.28. The Morgan fingerprint density at radius 3 is 2.67 bits per heavy atom. The van der Waals surface area contributed by atoms with E-state index >= 15 is 0 Å². The maximum atomic E-state index is 13.2. The van der Waals surface area contributed by atoms with Crippen LogP contribution in [0, 0.1) is 11.3 Å². The van der Waals surface area contributed by atoms with Crippen LogP contribution in [0.5, 0.6) is 0 Å². The second kappa shape index (κ2) is 6.00. The number of aromatic nitrogens is 1. The summed E-state index contributed by atoms with van der Waals surface area (Å²) in [5.41, 5.74) is 5.67. The van der Waals surface area contributed by atoms with Crippen molar-refractivity contribution in [1.82, 2.24) is 4.98 Å². The molecule has 0 spiro atoms. The molecule has 0 radical (unpaired) electrons. The molecule has 1 atom stereocenters. The number of pyridine rings is 1. The summed E-state index contributed by atoms with van der Waals surface area (Å²) in [5, 5.41) is 1.26. The smallest absolute Gasteiger partial charge is 0.165 e. The molecule has 0 amide bonds. The summed E-state index contributed by atoms with van der Waals surface area (Å²) in [6.07, 6.45) is 4.97. The molecular formula is C24H25NOS. The van der Waals surface area contributed by atoms with E-state index in [1.165, 1.54) is 22.2 Å². The highest BCUT2D eigenvalue weighted by atomic mass is 32.1. The normalized spacial score (nSPS) is 21.1. The quantitative estimate of drug-likeness (QED) is 0.504. The number of nitrogens with zero attached hydrogens (tertiary/aromatic N) is 1. The van der Waals surface area contributed by atoms with E-state index in [-0.39, 0.29) is 11.2 Å². The minimum atomic E-state index is -0.00981. The standard InChI is InChI=1S/C24H25NOS/c1-14-9-10-16-19(11-14)27-23-21(16)20(15-7-5-4-6-8-15)22-17(25-23)12-24(2,3)13-18(22)26/h4-8,14H,9-13H2,1-3H3. The van der Waals surface area contributed by atoms with Gasteiger partial charge in [-0.3, -0.25) is 4.79 Å². The molecule has 0 saturated heterocycles. The zero-order valence-electron chi connectivity index (χ0n) is 16.3. The van der Waals surface area contributed by atoms with Gasteiger partial charge in [-0.25, -0.2) is 4.98 Å². The number of rotatable bonds is 1. The molecule has 1 unspecified atom stereocenters. The molecule has 0 N–H and O–H groups in total. The number of hydrogen-bond donors (Lipinski definition) is 0. The third-order valence-corrected chi connectivity index (χ3v) is 7.29. The van der Waals surface area contributed by atoms with E-state index in [0.29, 0.717) is 6.42 Å². The molecule has 2 aromatic heterocycles. The lowest BCUT2D eigenvalue weighted by Gasteiger charge is -2.31. The van der Waals surface area contributed by atoms with Crippen molar-refractivity contribution >= 4 is 27.3 Å². The summed E-state index contributed by atoms with van der Waals surface area (Å²) in [5.74, 6) is 1.000. The summed E-state index contributed by atoms with van der Waals surface area (Å²) < 4.78 is 0. The Kier molecular flexibility index (Phi) is 3.80. The molecule has 0 fully saturated rings. The number of Topliss-reactive ketones (excluding diaryl/α,β-unsaturated/α-hetero) is 1. The Morgan fingerprint density at radius 1 is 1.11 bits per heavy atom. The van der Waals surface area contributed by atoms with Gasteiger partial charge < -0.3 is 0 Å². The van der Waals surface area contributed by atoms with Crippen molar-refractivity contribution in [1.29, 1.82) is 0 Å². The fourth-order valence-electron chi connectivity index (χ4n) is 4.88. The first-order valence-corrected chi connectivity index (χ1v) is 10.8. The number of carbonyl (C=O) groups is 1. The van der Waals surface area contributed by atoms with E-state index in [9.17, 15) is 4.79 Å². The van der Waals surface area contributed by atoms with Crippen LogP contribution in [0.3, 0.4) is 0 Å². The number of ketones is 1. The predicted octanol–water partition coefficient (Wildman–Crippen LogP) is 6.24. The Morgan fingerprint density at radius 2 is 1.89 bits per heavy atom. The summed E-state index contributed by atoms with van der Waals surface area (Å²) in [6, 6.07) is 10.5. The van der Waals surface area contributed by atoms with Crippen LogP contribution in [-0.2, 0) is 19.3 Å². The van der Waals surface area contributed by atoms with Crippen LogP contribution in [0.4, 0.5) is 0 Å². The van der Waals surface area contributed by atoms with Gasteiger partial charge in [0.05, 0.1) is 5.69 Å². The maximum absolute atomic E-state index is 13.2. The van der Waals surface area contributed by atoms with Gasteiger partial charge in [0.1, 0.15) is 4.83 Å². The molecule has 1 aromatic carbocycles. The Bertz CT molecular complexity index is 1060. The molecule has 3 heteroatoms. The second-order valence-corrected chi connectivity index (χ2v) is 10.2. The number of benzene rings is 1. The highest BCUT2D eigenvalue weighted by Crippen LogP contribution is 2.47. The average molecular weight is 376 g/mol. The lowest BCUT2D eigenvalue weighted by molar-refractivity contribution is 0.0911. The molecule has 3 aromatic rings. The molecule has 0 saturated carbocycles. The van der Waals surface area contributed by atoms with Crippen molar-refractivity contribution in [2.24, 2.45) is 11.3 Å². The SMILES string of the molecule is CC1CCc2c(sc3nc4c(c(-c5ccccc5)c23)C(=O)CC(C)(C)C4)C1. The molecule has 5 rings (SSSR count). The van der Waals surface area contributed by atoms with E-state index in [4.69, 9.17) is 4.98 Å². The number of hydrogen-bond acceptors (Lipinski definition) is 3. The van der Waals surface area contributed by atoms with Crippen molar-refractivity contribution in [3.63, 3.8) is 0 Å². The van der Waals surface area contributed by atoms with Crippen LogP contribution in [0.15, 0.2) is 30.3 Å². The van der Waals surface area contributed by atoms with E-state index in [1.54, 1.807) is 0 Å². The van der Waals surface area contributed by atoms with Crippen molar-refractivity contribution in [2.45, 2.75) is 52.9 Å². The van der Waals surface area contributed by atoms with Crippen LogP contribution in [0.25, 0.3) is 21.3 Å². The third-order valence-electron chi connectivity index (χ3n) is 6.14. The molecule has 27 heavy (non-hydrogen) atoms. The third kappa shape index (κ3) is 2.75. The number of carbonyl (C=O) groups excluding carboxylic acids is 1. The van der Waals surface area contributed by atoms with E-state index in [1.807, 2.05) is 17.4 Å². The largest absolute Gasteiger partial charge is 0.294 e. The highest BCUT2D eigenvalue weighted by molar-refractivity contribution is 7.19. The molecule has 2 aliphatic rings. The number of fused-ring (bicyclic) bond motifs is 4. The second-order valence-electron chi connectivity index (χ2n) is 9.15. The van der Waals surface area contributed by atoms with Crippen molar-refractivity contribution in [3.05, 3.63) is 52.0 Å². The van der Waals surface area contributed by atoms with E-state index in [0.717, 1.165) is 52.4 Å². The molecule has 2 aliphatic carbocycles. The first-order chi connectivity index (χ1) is 12.9. The topological polar surface area (TPSA) is 30.0 Å². The molecular weight excluding hydrogens is 350 g/mol.